The highest BCUT2D eigenvalue weighted by Gasteiger charge is 2.16. The van der Waals surface area contributed by atoms with Crippen molar-refractivity contribution < 1.29 is 14.6 Å². The summed E-state index contributed by atoms with van der Waals surface area (Å²) in [6, 6.07) is 9.57. The van der Waals surface area contributed by atoms with E-state index in [4.69, 9.17) is 15.2 Å². The summed E-state index contributed by atoms with van der Waals surface area (Å²) in [6.45, 7) is 2.65. The van der Waals surface area contributed by atoms with Crippen LogP contribution in [0, 0.1) is 0 Å². The molecule has 0 radical (unpaired) electrons. The van der Waals surface area contributed by atoms with Gasteiger partial charge in [0, 0.05) is 13.2 Å². The van der Waals surface area contributed by atoms with Crippen LogP contribution in [0.5, 0.6) is 0 Å². The number of rotatable bonds is 8. The number of aliphatic hydroxyl groups excluding tert-OH is 1. The summed E-state index contributed by atoms with van der Waals surface area (Å²) in [5, 5.41) is 9.91. The average molecular weight is 253 g/mol. The van der Waals surface area contributed by atoms with Gasteiger partial charge in [-0.15, -0.1) is 0 Å². The largest absolute Gasteiger partial charge is 0.389 e. The number of hydrogen-bond donors (Lipinski definition) is 2. The molecule has 0 aliphatic rings. The minimum absolute atomic E-state index is 0.0337. The van der Waals surface area contributed by atoms with Crippen LogP contribution >= 0.6 is 0 Å². The molecule has 18 heavy (non-hydrogen) atoms. The van der Waals surface area contributed by atoms with E-state index in [9.17, 15) is 5.11 Å². The van der Waals surface area contributed by atoms with Crippen molar-refractivity contribution in [2.45, 2.75) is 31.6 Å². The van der Waals surface area contributed by atoms with Crippen LogP contribution in [-0.2, 0) is 15.9 Å². The van der Waals surface area contributed by atoms with Crippen molar-refractivity contribution in [3.8, 4) is 0 Å². The van der Waals surface area contributed by atoms with Gasteiger partial charge in [0.25, 0.3) is 0 Å². The Hall–Kier alpha value is -0.940. The van der Waals surface area contributed by atoms with Crippen molar-refractivity contribution in [3.63, 3.8) is 0 Å². The molecule has 4 nitrogen and oxygen atoms in total. The van der Waals surface area contributed by atoms with E-state index in [0.29, 0.717) is 13.0 Å². The molecule has 0 aliphatic carbocycles. The van der Waals surface area contributed by atoms with Crippen LogP contribution in [0.1, 0.15) is 12.5 Å². The average Bonchev–Trinajstić information content (AvgIpc) is 2.37. The van der Waals surface area contributed by atoms with Crippen LogP contribution in [-0.4, -0.2) is 43.7 Å². The molecule has 0 aliphatic heterocycles. The molecule has 102 valence electrons. The molecule has 1 rings (SSSR count). The SMILES string of the molecule is COCC(C)OCC(O)C(N)Cc1ccccc1. The Balaban J connectivity index is 2.30. The first-order valence-electron chi connectivity index (χ1n) is 6.21. The topological polar surface area (TPSA) is 64.7 Å². The molecule has 0 heterocycles. The van der Waals surface area contributed by atoms with Crippen LogP contribution in [0.2, 0.25) is 0 Å². The first kappa shape index (κ1) is 15.1. The Bertz CT molecular complexity index is 318. The summed E-state index contributed by atoms with van der Waals surface area (Å²) >= 11 is 0. The van der Waals surface area contributed by atoms with Gasteiger partial charge < -0.3 is 20.3 Å². The molecule has 0 fully saturated rings. The fourth-order valence-electron chi connectivity index (χ4n) is 1.69. The number of methoxy groups -OCH3 is 1. The van der Waals surface area contributed by atoms with Crippen LogP contribution in [0.15, 0.2) is 30.3 Å². The molecule has 3 unspecified atom stereocenters. The van der Waals surface area contributed by atoms with Gasteiger partial charge in [-0.1, -0.05) is 30.3 Å². The predicted molar refractivity (Wildman–Crippen MR) is 71.4 cm³/mol. The molecule has 0 amide bonds. The zero-order chi connectivity index (χ0) is 13.4. The smallest absolute Gasteiger partial charge is 0.0927 e. The monoisotopic (exact) mass is 253 g/mol. The molecule has 0 aromatic heterocycles. The lowest BCUT2D eigenvalue weighted by atomic mass is 10.0. The van der Waals surface area contributed by atoms with Crippen LogP contribution in [0.3, 0.4) is 0 Å². The van der Waals surface area contributed by atoms with E-state index in [1.54, 1.807) is 7.11 Å². The van der Waals surface area contributed by atoms with E-state index < -0.39 is 6.10 Å². The van der Waals surface area contributed by atoms with E-state index in [1.807, 2.05) is 37.3 Å². The first-order chi connectivity index (χ1) is 8.63. The second-order valence-electron chi connectivity index (χ2n) is 4.52. The van der Waals surface area contributed by atoms with Gasteiger partial charge in [0.15, 0.2) is 0 Å². The number of aliphatic hydroxyl groups is 1. The second-order valence-corrected chi connectivity index (χ2v) is 4.52. The Labute approximate surface area is 109 Å². The molecule has 3 atom stereocenters. The highest BCUT2D eigenvalue weighted by molar-refractivity contribution is 5.16. The standard InChI is InChI=1S/C14H23NO3/c1-11(9-17-2)18-10-14(16)13(15)8-12-6-4-3-5-7-12/h3-7,11,13-14,16H,8-10,15H2,1-2H3. The van der Waals surface area contributed by atoms with Crippen molar-refractivity contribution in [1.29, 1.82) is 0 Å². The maximum absolute atomic E-state index is 9.91. The summed E-state index contributed by atoms with van der Waals surface area (Å²) in [4.78, 5) is 0. The second kappa shape index (κ2) is 8.21. The highest BCUT2D eigenvalue weighted by Crippen LogP contribution is 2.05. The third-order valence-corrected chi connectivity index (χ3v) is 2.76. The van der Waals surface area contributed by atoms with E-state index in [2.05, 4.69) is 0 Å². The lowest BCUT2D eigenvalue weighted by Crippen LogP contribution is -2.40. The van der Waals surface area contributed by atoms with Crippen LogP contribution < -0.4 is 5.73 Å². The Morgan fingerprint density at radius 2 is 1.89 bits per heavy atom. The Kier molecular flexibility index (Phi) is 6.90. The van der Waals surface area contributed by atoms with Gasteiger partial charge in [-0.2, -0.15) is 0 Å². The van der Waals surface area contributed by atoms with E-state index in [1.165, 1.54) is 0 Å². The number of nitrogens with two attached hydrogens (primary N) is 1. The van der Waals surface area contributed by atoms with Gasteiger partial charge in [-0.3, -0.25) is 0 Å². The summed E-state index contributed by atoms with van der Waals surface area (Å²) in [6.07, 6.45) is -0.0533. The van der Waals surface area contributed by atoms with Crippen molar-refractivity contribution in [1.82, 2.24) is 0 Å². The molecule has 1 aromatic carbocycles. The fraction of sp³-hybridized carbons (Fsp3) is 0.571. The zero-order valence-corrected chi connectivity index (χ0v) is 11.1. The highest BCUT2D eigenvalue weighted by atomic mass is 16.5. The molecular formula is C14H23NO3. The van der Waals surface area contributed by atoms with Gasteiger partial charge in [-0.05, 0) is 18.9 Å². The number of ether oxygens (including phenoxy) is 2. The maximum Gasteiger partial charge on any atom is 0.0927 e. The molecule has 0 bridgehead atoms. The molecule has 0 saturated heterocycles. The molecule has 4 heteroatoms. The van der Waals surface area contributed by atoms with Gasteiger partial charge in [0.2, 0.25) is 0 Å². The summed E-state index contributed by atoms with van der Waals surface area (Å²) in [7, 11) is 1.62. The first-order valence-corrected chi connectivity index (χ1v) is 6.21. The fourth-order valence-corrected chi connectivity index (χ4v) is 1.69. The maximum atomic E-state index is 9.91. The van der Waals surface area contributed by atoms with Crippen molar-refractivity contribution in [3.05, 3.63) is 35.9 Å². The Morgan fingerprint density at radius 3 is 2.50 bits per heavy atom. The predicted octanol–water partition coefficient (Wildman–Crippen LogP) is 0.969. The number of benzene rings is 1. The summed E-state index contributed by atoms with van der Waals surface area (Å²) in [5.74, 6) is 0. The van der Waals surface area contributed by atoms with Crippen molar-refractivity contribution in [2.75, 3.05) is 20.3 Å². The normalized spacial score (nSPS) is 16.2. The third kappa shape index (κ3) is 5.60. The molecule has 1 aromatic rings. The van der Waals surface area contributed by atoms with Gasteiger partial charge in [-0.25, -0.2) is 0 Å². The van der Waals surface area contributed by atoms with Gasteiger partial charge >= 0.3 is 0 Å². The van der Waals surface area contributed by atoms with Gasteiger partial charge in [0.1, 0.15) is 0 Å². The molecule has 0 spiro atoms. The number of hydrogen-bond acceptors (Lipinski definition) is 4. The van der Waals surface area contributed by atoms with Crippen LogP contribution in [0.4, 0.5) is 0 Å². The lowest BCUT2D eigenvalue weighted by molar-refractivity contribution is -0.0378. The molecule has 3 N–H and O–H groups in total. The van der Waals surface area contributed by atoms with E-state index >= 15 is 0 Å². The van der Waals surface area contributed by atoms with Crippen molar-refractivity contribution >= 4 is 0 Å². The van der Waals surface area contributed by atoms with Crippen molar-refractivity contribution in [2.24, 2.45) is 5.73 Å². The summed E-state index contributed by atoms with van der Waals surface area (Å²) in [5.41, 5.74) is 7.07. The third-order valence-electron chi connectivity index (χ3n) is 2.76. The van der Waals surface area contributed by atoms with E-state index in [0.717, 1.165) is 5.56 Å². The quantitative estimate of drug-likeness (QED) is 0.724. The molecular weight excluding hydrogens is 230 g/mol. The van der Waals surface area contributed by atoms with Crippen LogP contribution in [0.25, 0.3) is 0 Å². The lowest BCUT2D eigenvalue weighted by Gasteiger charge is -2.21. The minimum Gasteiger partial charge on any atom is -0.389 e. The molecule has 0 saturated carbocycles. The summed E-state index contributed by atoms with van der Waals surface area (Å²) < 4.78 is 10.4. The van der Waals surface area contributed by atoms with E-state index in [-0.39, 0.29) is 18.8 Å². The zero-order valence-electron chi connectivity index (χ0n) is 11.1. The Morgan fingerprint density at radius 1 is 1.22 bits per heavy atom. The van der Waals surface area contributed by atoms with Gasteiger partial charge in [0.05, 0.1) is 25.4 Å². The minimum atomic E-state index is -0.662.